The molecule has 2 nitrogen and oxygen atoms in total. The first kappa shape index (κ1) is 10.0. The third kappa shape index (κ3) is 24.6. The SMILES string of the molecule is COC(C)=O.[CH2]=[V]. The quantitative estimate of drug-likeness (QED) is 0.446. The fourth-order valence-corrected chi connectivity index (χ4v) is 0. The van der Waals surface area contributed by atoms with Gasteiger partial charge in [0.25, 0.3) is 0 Å². The van der Waals surface area contributed by atoms with Gasteiger partial charge in [0.05, 0.1) is 7.11 Å². The topological polar surface area (TPSA) is 26.3 Å². The van der Waals surface area contributed by atoms with Gasteiger partial charge in [0.15, 0.2) is 0 Å². The number of hydrogen-bond donors (Lipinski definition) is 0. The van der Waals surface area contributed by atoms with E-state index in [1.165, 1.54) is 14.0 Å². The minimum atomic E-state index is -0.245. The first-order valence-electron chi connectivity index (χ1n) is 1.63. The van der Waals surface area contributed by atoms with Crippen LogP contribution in [0.5, 0.6) is 0 Å². The normalized spacial score (nSPS) is 5.29. The minimum absolute atomic E-state index is 0.245. The molecule has 3 heteroatoms. The molecule has 0 aliphatic heterocycles. The van der Waals surface area contributed by atoms with Crippen molar-refractivity contribution in [3.8, 4) is 0 Å². The summed E-state index contributed by atoms with van der Waals surface area (Å²) in [6.07, 6.45) is 0. The van der Waals surface area contributed by atoms with Crippen LogP contribution in [0.3, 0.4) is 0 Å². The van der Waals surface area contributed by atoms with E-state index >= 15 is 0 Å². The third-order valence-corrected chi connectivity index (χ3v) is 0.287. The summed E-state index contributed by atoms with van der Waals surface area (Å²) in [7, 11) is 1.35. The molecule has 0 fully saturated rings. The second-order valence-electron chi connectivity index (χ2n) is 0.696. The van der Waals surface area contributed by atoms with Gasteiger partial charge in [0.1, 0.15) is 0 Å². The summed E-state index contributed by atoms with van der Waals surface area (Å²) in [6.45, 7) is 1.36. The van der Waals surface area contributed by atoms with Gasteiger partial charge in [-0.25, -0.2) is 0 Å². The van der Waals surface area contributed by atoms with Crippen LogP contribution in [0, 0.1) is 0 Å². The molecule has 0 rings (SSSR count). The van der Waals surface area contributed by atoms with Crippen molar-refractivity contribution < 1.29 is 26.5 Å². The molecule has 0 N–H and O–H groups in total. The second-order valence-corrected chi connectivity index (χ2v) is 0.696. The number of carbonyl (C=O) groups is 1. The van der Waals surface area contributed by atoms with Gasteiger partial charge >= 0.3 is 28.2 Å². The van der Waals surface area contributed by atoms with Crippen LogP contribution < -0.4 is 0 Å². The van der Waals surface area contributed by atoms with E-state index in [1.54, 1.807) is 0 Å². The number of rotatable bonds is 0. The van der Waals surface area contributed by atoms with Crippen LogP contribution in [0.4, 0.5) is 0 Å². The number of carbonyl (C=O) groups excluding carboxylic acids is 1. The number of esters is 1. The molecule has 0 aromatic rings. The zero-order chi connectivity index (χ0) is 6.28. The molecule has 0 unspecified atom stereocenters. The van der Waals surface area contributed by atoms with Gasteiger partial charge in [0, 0.05) is 6.92 Å². The van der Waals surface area contributed by atoms with E-state index in [4.69, 9.17) is 0 Å². The molecule has 0 aliphatic rings. The molecule has 0 aliphatic carbocycles. The molecule has 0 saturated carbocycles. The number of hydrogen-bond acceptors (Lipinski definition) is 2. The van der Waals surface area contributed by atoms with Gasteiger partial charge in [-0.05, 0) is 0 Å². The van der Waals surface area contributed by atoms with Crippen LogP contribution in [-0.2, 0) is 26.5 Å². The predicted octanol–water partition coefficient (Wildman–Crippen LogP) is 0.145. The Balaban J connectivity index is 0. The van der Waals surface area contributed by atoms with Gasteiger partial charge in [-0.3, -0.25) is 4.79 Å². The fourth-order valence-electron chi connectivity index (χ4n) is 0. The third-order valence-electron chi connectivity index (χ3n) is 0.287. The molecular weight excluding hydrogens is 131 g/mol. The Hall–Kier alpha value is -0.0756. The van der Waals surface area contributed by atoms with Gasteiger partial charge < -0.3 is 4.74 Å². The second kappa shape index (κ2) is 9.33. The Morgan fingerprint density at radius 1 is 1.71 bits per heavy atom. The van der Waals surface area contributed by atoms with E-state index < -0.39 is 0 Å². The van der Waals surface area contributed by atoms with Crippen LogP contribution in [0.1, 0.15) is 6.92 Å². The standard InChI is InChI=1S/C3H6O2.CH2.V/c1-3(4)5-2;;/h1-2H3;1H2;. The number of methoxy groups -OCH3 is 1. The summed E-state index contributed by atoms with van der Waals surface area (Å²) >= 11 is 2.06. The van der Waals surface area contributed by atoms with E-state index in [1.807, 2.05) is 0 Å². The van der Waals surface area contributed by atoms with Crippen LogP contribution >= 0.6 is 0 Å². The van der Waals surface area contributed by atoms with Crippen molar-refractivity contribution in [2.24, 2.45) is 0 Å². The summed E-state index contributed by atoms with van der Waals surface area (Å²) in [5, 5.41) is 3.19. The Labute approximate surface area is 52.4 Å². The molecule has 0 heterocycles. The van der Waals surface area contributed by atoms with Crippen molar-refractivity contribution in [1.29, 1.82) is 0 Å². The Morgan fingerprint density at radius 2 is 1.86 bits per heavy atom. The van der Waals surface area contributed by atoms with Crippen molar-refractivity contribution in [2.45, 2.75) is 6.92 Å². The summed E-state index contributed by atoms with van der Waals surface area (Å²) in [5.74, 6) is -0.245. The average molecular weight is 139 g/mol. The van der Waals surface area contributed by atoms with Crippen molar-refractivity contribution in [3.63, 3.8) is 0 Å². The van der Waals surface area contributed by atoms with Crippen molar-refractivity contribution in [1.82, 2.24) is 0 Å². The Bertz CT molecular complexity index is 53.7. The van der Waals surface area contributed by atoms with E-state index in [-0.39, 0.29) is 5.97 Å². The molecule has 0 aromatic heterocycles. The Morgan fingerprint density at radius 3 is 1.86 bits per heavy atom. The monoisotopic (exact) mass is 139 g/mol. The molecular formula is C4H8O2V. The van der Waals surface area contributed by atoms with Crippen LogP contribution in [0.25, 0.3) is 0 Å². The molecule has 0 saturated heterocycles. The van der Waals surface area contributed by atoms with Crippen molar-refractivity contribution >= 4 is 11.2 Å². The zero-order valence-electron chi connectivity index (χ0n) is 4.47. The first-order chi connectivity index (χ1) is 3.27. The molecule has 41 valence electrons. The summed E-state index contributed by atoms with van der Waals surface area (Å²) in [5.41, 5.74) is 0. The first-order valence-corrected chi connectivity index (χ1v) is 2.62. The van der Waals surface area contributed by atoms with Gasteiger partial charge in [-0.1, -0.05) is 0 Å². The van der Waals surface area contributed by atoms with E-state index in [9.17, 15) is 4.79 Å². The molecule has 0 spiro atoms. The van der Waals surface area contributed by atoms with E-state index in [0.717, 1.165) is 0 Å². The molecule has 0 amide bonds. The maximum atomic E-state index is 9.59. The average Bonchev–Trinajstić information content (AvgIpc) is 1.73. The number of ether oxygens (including phenoxy) is 1. The van der Waals surface area contributed by atoms with Crippen molar-refractivity contribution in [2.75, 3.05) is 7.11 Å². The van der Waals surface area contributed by atoms with E-state index in [2.05, 4.69) is 26.9 Å². The maximum absolute atomic E-state index is 9.59. The molecule has 0 aromatic carbocycles. The van der Waals surface area contributed by atoms with Crippen LogP contribution in [0.15, 0.2) is 0 Å². The van der Waals surface area contributed by atoms with Gasteiger partial charge in [0.2, 0.25) is 0 Å². The zero-order valence-corrected chi connectivity index (χ0v) is 5.87. The molecule has 0 radical (unpaired) electrons. The predicted molar refractivity (Wildman–Crippen MR) is 24.8 cm³/mol. The van der Waals surface area contributed by atoms with Gasteiger partial charge in [-0.2, -0.15) is 0 Å². The van der Waals surface area contributed by atoms with E-state index in [0.29, 0.717) is 0 Å². The Kier molecular flexibility index (Phi) is 13.4. The van der Waals surface area contributed by atoms with Gasteiger partial charge in [-0.15, -0.1) is 0 Å². The summed E-state index contributed by atoms with van der Waals surface area (Å²) < 4.78 is 4.11. The van der Waals surface area contributed by atoms with Crippen molar-refractivity contribution in [3.05, 3.63) is 0 Å². The summed E-state index contributed by atoms with van der Waals surface area (Å²) in [6, 6.07) is 0. The molecule has 7 heavy (non-hydrogen) atoms. The van der Waals surface area contributed by atoms with Crippen LogP contribution in [0.2, 0.25) is 0 Å². The fraction of sp³-hybridized carbons (Fsp3) is 0.500. The molecule has 0 atom stereocenters. The molecule has 0 bridgehead atoms. The summed E-state index contributed by atoms with van der Waals surface area (Å²) in [4.78, 5) is 9.59. The van der Waals surface area contributed by atoms with Crippen LogP contribution in [-0.4, -0.2) is 18.3 Å².